The first-order chi connectivity index (χ1) is 7.57. The van der Waals surface area contributed by atoms with Crippen LogP contribution in [0, 0.1) is 5.92 Å². The molecule has 0 spiro atoms. The molecule has 1 saturated carbocycles. The van der Waals surface area contributed by atoms with Crippen molar-refractivity contribution in [2.75, 3.05) is 6.54 Å². The largest absolute Gasteiger partial charge is 0.389 e. The second-order valence-corrected chi connectivity index (χ2v) is 5.77. The molecular formula is C14H29NO. The number of hydrogen-bond acceptors (Lipinski definition) is 2. The van der Waals surface area contributed by atoms with Gasteiger partial charge in [0.25, 0.3) is 0 Å². The van der Waals surface area contributed by atoms with E-state index in [0.717, 1.165) is 25.3 Å². The molecule has 0 aromatic rings. The van der Waals surface area contributed by atoms with E-state index >= 15 is 0 Å². The minimum atomic E-state index is -0.520. The molecule has 2 N–H and O–H groups in total. The molecule has 0 amide bonds. The normalized spacial score (nSPS) is 30.0. The van der Waals surface area contributed by atoms with Gasteiger partial charge in [-0.25, -0.2) is 0 Å². The summed E-state index contributed by atoms with van der Waals surface area (Å²) in [5.41, 5.74) is -0.520. The van der Waals surface area contributed by atoms with E-state index in [4.69, 9.17) is 0 Å². The smallest absolute Gasteiger partial charge is 0.0743 e. The third-order valence-electron chi connectivity index (χ3n) is 3.92. The van der Waals surface area contributed by atoms with Crippen molar-refractivity contribution in [2.45, 2.75) is 77.4 Å². The van der Waals surface area contributed by atoms with E-state index in [1.165, 1.54) is 32.1 Å². The highest BCUT2D eigenvalue weighted by atomic mass is 16.3. The summed E-state index contributed by atoms with van der Waals surface area (Å²) in [6.07, 6.45) is 8.61. The SMILES string of the molecule is CCCC(C)(O)CNC1CCCC(CC)C1. The standard InChI is InChI=1S/C14H29NO/c1-4-9-14(3,16)11-15-13-8-6-7-12(5-2)10-13/h12-13,15-16H,4-11H2,1-3H3. The van der Waals surface area contributed by atoms with Crippen molar-refractivity contribution in [1.29, 1.82) is 0 Å². The topological polar surface area (TPSA) is 32.3 Å². The molecule has 0 saturated heterocycles. The van der Waals surface area contributed by atoms with Gasteiger partial charge in [0, 0.05) is 12.6 Å². The Morgan fingerprint density at radius 3 is 2.69 bits per heavy atom. The van der Waals surface area contributed by atoms with Crippen molar-refractivity contribution in [3.05, 3.63) is 0 Å². The van der Waals surface area contributed by atoms with Gasteiger partial charge < -0.3 is 10.4 Å². The van der Waals surface area contributed by atoms with E-state index in [1.807, 2.05) is 6.92 Å². The lowest BCUT2D eigenvalue weighted by molar-refractivity contribution is 0.0445. The minimum Gasteiger partial charge on any atom is -0.389 e. The Labute approximate surface area is 101 Å². The van der Waals surface area contributed by atoms with E-state index < -0.39 is 5.60 Å². The molecule has 0 radical (unpaired) electrons. The van der Waals surface area contributed by atoms with Gasteiger partial charge in [0.05, 0.1) is 5.60 Å². The first-order valence-corrected chi connectivity index (χ1v) is 7.03. The first-order valence-electron chi connectivity index (χ1n) is 7.03. The number of rotatable bonds is 6. The van der Waals surface area contributed by atoms with Crippen molar-refractivity contribution in [3.63, 3.8) is 0 Å². The molecule has 0 aliphatic heterocycles. The Hall–Kier alpha value is -0.0800. The predicted molar refractivity (Wildman–Crippen MR) is 69.6 cm³/mol. The molecule has 16 heavy (non-hydrogen) atoms. The Bertz CT molecular complexity index is 191. The number of nitrogens with one attached hydrogen (secondary N) is 1. The summed E-state index contributed by atoms with van der Waals surface area (Å²) in [5.74, 6) is 0.905. The fourth-order valence-corrected chi connectivity index (χ4v) is 2.84. The summed E-state index contributed by atoms with van der Waals surface area (Å²) in [4.78, 5) is 0. The summed E-state index contributed by atoms with van der Waals surface area (Å²) in [6.45, 7) is 7.12. The van der Waals surface area contributed by atoms with Crippen LogP contribution in [0.5, 0.6) is 0 Å². The number of aliphatic hydroxyl groups is 1. The van der Waals surface area contributed by atoms with E-state index in [-0.39, 0.29) is 0 Å². The van der Waals surface area contributed by atoms with Gasteiger partial charge in [-0.2, -0.15) is 0 Å². The van der Waals surface area contributed by atoms with Crippen LogP contribution in [-0.4, -0.2) is 23.3 Å². The highest BCUT2D eigenvalue weighted by molar-refractivity contribution is 4.82. The number of hydrogen-bond donors (Lipinski definition) is 2. The molecule has 1 aliphatic carbocycles. The van der Waals surface area contributed by atoms with Crippen LogP contribution in [-0.2, 0) is 0 Å². The van der Waals surface area contributed by atoms with Crippen molar-refractivity contribution in [2.24, 2.45) is 5.92 Å². The van der Waals surface area contributed by atoms with E-state index in [1.54, 1.807) is 0 Å². The van der Waals surface area contributed by atoms with Crippen molar-refractivity contribution < 1.29 is 5.11 Å². The van der Waals surface area contributed by atoms with Gasteiger partial charge >= 0.3 is 0 Å². The maximum Gasteiger partial charge on any atom is 0.0743 e. The fraction of sp³-hybridized carbons (Fsp3) is 1.00. The van der Waals surface area contributed by atoms with Crippen LogP contribution in [0.4, 0.5) is 0 Å². The lowest BCUT2D eigenvalue weighted by Gasteiger charge is -2.32. The van der Waals surface area contributed by atoms with E-state index in [0.29, 0.717) is 6.04 Å². The van der Waals surface area contributed by atoms with Crippen LogP contribution in [0.1, 0.15) is 65.7 Å². The second-order valence-electron chi connectivity index (χ2n) is 5.77. The zero-order valence-electron chi connectivity index (χ0n) is 11.3. The highest BCUT2D eigenvalue weighted by Crippen LogP contribution is 2.26. The average Bonchev–Trinajstić information content (AvgIpc) is 2.27. The summed E-state index contributed by atoms with van der Waals surface area (Å²) >= 11 is 0. The van der Waals surface area contributed by atoms with Crippen LogP contribution >= 0.6 is 0 Å². The highest BCUT2D eigenvalue weighted by Gasteiger charge is 2.24. The van der Waals surface area contributed by atoms with Crippen LogP contribution in [0.2, 0.25) is 0 Å². The third kappa shape index (κ3) is 4.84. The van der Waals surface area contributed by atoms with Crippen LogP contribution in [0.15, 0.2) is 0 Å². The summed E-state index contributed by atoms with van der Waals surface area (Å²) < 4.78 is 0. The summed E-state index contributed by atoms with van der Waals surface area (Å²) in [6, 6.07) is 0.641. The molecule has 2 nitrogen and oxygen atoms in total. The van der Waals surface area contributed by atoms with E-state index in [2.05, 4.69) is 19.2 Å². The molecule has 1 fully saturated rings. The zero-order valence-corrected chi connectivity index (χ0v) is 11.3. The van der Waals surface area contributed by atoms with Crippen LogP contribution in [0.3, 0.4) is 0 Å². The summed E-state index contributed by atoms with van der Waals surface area (Å²) in [5, 5.41) is 13.7. The van der Waals surface area contributed by atoms with E-state index in [9.17, 15) is 5.11 Å². The Morgan fingerprint density at radius 1 is 1.31 bits per heavy atom. The molecule has 3 atom stereocenters. The summed E-state index contributed by atoms with van der Waals surface area (Å²) in [7, 11) is 0. The molecule has 0 aromatic carbocycles. The average molecular weight is 227 g/mol. The predicted octanol–water partition coefficient (Wildman–Crippen LogP) is 3.10. The molecule has 0 aromatic heterocycles. The molecule has 2 heteroatoms. The lowest BCUT2D eigenvalue weighted by Crippen LogP contribution is -2.44. The molecule has 3 unspecified atom stereocenters. The van der Waals surface area contributed by atoms with Crippen molar-refractivity contribution >= 4 is 0 Å². The first kappa shape index (κ1) is 14.0. The van der Waals surface area contributed by atoms with Crippen LogP contribution < -0.4 is 5.32 Å². The quantitative estimate of drug-likeness (QED) is 0.731. The third-order valence-corrected chi connectivity index (χ3v) is 3.92. The second kappa shape index (κ2) is 6.61. The fourth-order valence-electron chi connectivity index (χ4n) is 2.84. The monoisotopic (exact) mass is 227 g/mol. The lowest BCUT2D eigenvalue weighted by atomic mass is 9.84. The van der Waals surface area contributed by atoms with Gasteiger partial charge in [-0.3, -0.25) is 0 Å². The molecule has 0 heterocycles. The molecule has 96 valence electrons. The zero-order chi connectivity index (χ0) is 12.0. The molecule has 1 aliphatic rings. The Kier molecular flexibility index (Phi) is 5.77. The van der Waals surface area contributed by atoms with Crippen molar-refractivity contribution in [1.82, 2.24) is 5.32 Å². The maximum atomic E-state index is 10.1. The maximum absolute atomic E-state index is 10.1. The van der Waals surface area contributed by atoms with Gasteiger partial charge in [-0.05, 0) is 32.1 Å². The molecule has 0 bridgehead atoms. The Balaban J connectivity index is 2.26. The molecular weight excluding hydrogens is 198 g/mol. The van der Waals surface area contributed by atoms with Gasteiger partial charge in [0.2, 0.25) is 0 Å². The van der Waals surface area contributed by atoms with Crippen LogP contribution in [0.25, 0.3) is 0 Å². The van der Waals surface area contributed by atoms with Gasteiger partial charge in [0.1, 0.15) is 0 Å². The Morgan fingerprint density at radius 2 is 2.06 bits per heavy atom. The van der Waals surface area contributed by atoms with Gasteiger partial charge in [-0.15, -0.1) is 0 Å². The molecule has 1 rings (SSSR count). The van der Waals surface area contributed by atoms with Crippen molar-refractivity contribution in [3.8, 4) is 0 Å². The van der Waals surface area contributed by atoms with Gasteiger partial charge in [0.15, 0.2) is 0 Å². The minimum absolute atomic E-state index is 0.520. The van der Waals surface area contributed by atoms with Gasteiger partial charge in [-0.1, -0.05) is 39.5 Å².